The van der Waals surface area contributed by atoms with E-state index in [0.29, 0.717) is 22.1 Å². The number of carbonyl (C=O) groups is 1. The average molecular weight is 319 g/mol. The van der Waals surface area contributed by atoms with E-state index in [4.69, 9.17) is 22.1 Å². The SMILES string of the molecule is CCOC(=O)C(N)CSCc1c(Cl)cccc1[N+](=O)[O-]. The van der Waals surface area contributed by atoms with Gasteiger partial charge in [-0.3, -0.25) is 14.9 Å². The highest BCUT2D eigenvalue weighted by Crippen LogP contribution is 2.30. The van der Waals surface area contributed by atoms with Gasteiger partial charge in [0.05, 0.1) is 22.1 Å². The largest absolute Gasteiger partial charge is 0.465 e. The molecule has 0 bridgehead atoms. The Bertz CT molecular complexity index is 498. The Labute approximate surface area is 125 Å². The molecule has 0 heterocycles. The lowest BCUT2D eigenvalue weighted by molar-refractivity contribution is -0.385. The zero-order chi connectivity index (χ0) is 15.1. The van der Waals surface area contributed by atoms with Crippen molar-refractivity contribution < 1.29 is 14.5 Å². The predicted octanol–water partition coefficient (Wildman–Crippen LogP) is 2.37. The summed E-state index contributed by atoms with van der Waals surface area (Å²) in [5.41, 5.74) is 6.04. The van der Waals surface area contributed by atoms with Crippen LogP contribution in [0.5, 0.6) is 0 Å². The Morgan fingerprint density at radius 1 is 1.60 bits per heavy atom. The van der Waals surface area contributed by atoms with Crippen LogP contribution in [0.2, 0.25) is 5.02 Å². The van der Waals surface area contributed by atoms with Crippen LogP contribution in [0.25, 0.3) is 0 Å². The zero-order valence-corrected chi connectivity index (χ0v) is 12.4. The Morgan fingerprint density at radius 2 is 2.30 bits per heavy atom. The molecule has 0 spiro atoms. The summed E-state index contributed by atoms with van der Waals surface area (Å²) in [6.07, 6.45) is 0. The fourth-order valence-corrected chi connectivity index (χ4v) is 2.80. The molecule has 0 aliphatic carbocycles. The molecule has 1 aromatic rings. The molecule has 0 saturated heterocycles. The van der Waals surface area contributed by atoms with Gasteiger partial charge in [-0.05, 0) is 13.0 Å². The highest BCUT2D eigenvalue weighted by molar-refractivity contribution is 7.98. The van der Waals surface area contributed by atoms with Crippen LogP contribution in [-0.4, -0.2) is 29.3 Å². The lowest BCUT2D eigenvalue weighted by atomic mass is 10.2. The third-order valence-corrected chi connectivity index (χ3v) is 3.87. The van der Waals surface area contributed by atoms with E-state index < -0.39 is 16.9 Å². The van der Waals surface area contributed by atoms with Crippen LogP contribution in [0.1, 0.15) is 12.5 Å². The minimum absolute atomic E-state index is 0.0327. The second kappa shape index (κ2) is 8.08. The molecule has 1 rings (SSSR count). The van der Waals surface area contributed by atoms with E-state index in [0.717, 1.165) is 0 Å². The lowest BCUT2D eigenvalue weighted by Gasteiger charge is -2.10. The van der Waals surface area contributed by atoms with Crippen molar-refractivity contribution in [2.75, 3.05) is 12.4 Å². The summed E-state index contributed by atoms with van der Waals surface area (Å²) in [4.78, 5) is 21.8. The first-order valence-electron chi connectivity index (χ1n) is 5.89. The number of carbonyl (C=O) groups excluding carboxylic acids is 1. The van der Waals surface area contributed by atoms with Gasteiger partial charge in [-0.25, -0.2) is 0 Å². The second-order valence-corrected chi connectivity index (χ2v) is 5.31. The quantitative estimate of drug-likeness (QED) is 0.471. The molecule has 20 heavy (non-hydrogen) atoms. The molecule has 1 unspecified atom stereocenters. The summed E-state index contributed by atoms with van der Waals surface area (Å²) in [5.74, 6) is 0.137. The van der Waals surface area contributed by atoms with Crippen molar-refractivity contribution in [1.82, 2.24) is 0 Å². The van der Waals surface area contributed by atoms with E-state index in [1.807, 2.05) is 0 Å². The number of nitro benzene ring substituents is 1. The van der Waals surface area contributed by atoms with Crippen LogP contribution in [0, 0.1) is 10.1 Å². The van der Waals surface area contributed by atoms with E-state index in [-0.39, 0.29) is 12.3 Å². The minimum atomic E-state index is -0.749. The fraction of sp³-hybridized carbons (Fsp3) is 0.417. The lowest BCUT2D eigenvalue weighted by Crippen LogP contribution is -2.34. The number of esters is 1. The summed E-state index contributed by atoms with van der Waals surface area (Å²) >= 11 is 7.26. The van der Waals surface area contributed by atoms with Crippen molar-refractivity contribution in [2.24, 2.45) is 5.73 Å². The molecule has 0 fully saturated rings. The van der Waals surface area contributed by atoms with E-state index in [1.54, 1.807) is 13.0 Å². The Balaban J connectivity index is 2.62. The van der Waals surface area contributed by atoms with E-state index in [1.165, 1.54) is 23.9 Å². The van der Waals surface area contributed by atoms with Crippen LogP contribution < -0.4 is 5.73 Å². The Hall–Kier alpha value is -1.31. The number of hydrogen-bond acceptors (Lipinski definition) is 6. The van der Waals surface area contributed by atoms with Crippen molar-refractivity contribution in [2.45, 2.75) is 18.7 Å². The molecule has 0 aliphatic rings. The first-order chi connectivity index (χ1) is 9.47. The third kappa shape index (κ3) is 4.66. The van der Waals surface area contributed by atoms with Gasteiger partial charge in [-0.2, -0.15) is 11.8 Å². The Morgan fingerprint density at radius 3 is 2.90 bits per heavy atom. The normalized spacial score (nSPS) is 11.9. The van der Waals surface area contributed by atoms with Crippen molar-refractivity contribution in [1.29, 1.82) is 0 Å². The number of thioether (sulfide) groups is 1. The molecule has 0 aromatic heterocycles. The maximum Gasteiger partial charge on any atom is 0.323 e. The number of halogens is 1. The van der Waals surface area contributed by atoms with Crippen molar-refractivity contribution in [3.8, 4) is 0 Å². The maximum absolute atomic E-state index is 11.3. The molecule has 1 atom stereocenters. The summed E-state index contributed by atoms with van der Waals surface area (Å²) in [5, 5.41) is 11.2. The second-order valence-electron chi connectivity index (χ2n) is 3.87. The molecule has 110 valence electrons. The number of hydrogen-bond donors (Lipinski definition) is 1. The maximum atomic E-state index is 11.3. The number of nitro groups is 1. The van der Waals surface area contributed by atoms with Gasteiger partial charge in [0.15, 0.2) is 0 Å². The van der Waals surface area contributed by atoms with Crippen molar-refractivity contribution in [3.63, 3.8) is 0 Å². The molecule has 0 radical (unpaired) electrons. The molecule has 2 N–H and O–H groups in total. The zero-order valence-electron chi connectivity index (χ0n) is 10.9. The number of ether oxygens (including phenoxy) is 1. The monoisotopic (exact) mass is 318 g/mol. The number of benzene rings is 1. The molecule has 6 nitrogen and oxygen atoms in total. The van der Waals surface area contributed by atoms with Gasteiger partial charge in [0.25, 0.3) is 5.69 Å². The van der Waals surface area contributed by atoms with Gasteiger partial charge in [-0.1, -0.05) is 17.7 Å². The Kier molecular flexibility index (Phi) is 6.77. The van der Waals surface area contributed by atoms with Crippen LogP contribution in [-0.2, 0) is 15.3 Å². The van der Waals surface area contributed by atoms with Crippen LogP contribution in [0.3, 0.4) is 0 Å². The summed E-state index contributed by atoms with van der Waals surface area (Å²) < 4.78 is 4.78. The first-order valence-corrected chi connectivity index (χ1v) is 7.42. The van der Waals surface area contributed by atoms with Gasteiger partial charge in [0.2, 0.25) is 0 Å². The fourth-order valence-electron chi connectivity index (χ4n) is 1.47. The molecule has 0 saturated carbocycles. The standard InChI is InChI=1S/C12H15ClN2O4S/c1-2-19-12(16)10(14)7-20-6-8-9(13)4-3-5-11(8)15(17)18/h3-5,10H,2,6-7,14H2,1H3. The summed E-state index contributed by atoms with van der Waals surface area (Å²) in [6, 6.07) is 3.77. The van der Waals surface area contributed by atoms with Crippen molar-refractivity contribution >= 4 is 35.0 Å². The van der Waals surface area contributed by atoms with E-state index in [2.05, 4.69) is 0 Å². The van der Waals surface area contributed by atoms with Crippen LogP contribution >= 0.6 is 23.4 Å². The number of nitrogens with two attached hydrogens (primary N) is 1. The average Bonchev–Trinajstić information content (AvgIpc) is 2.40. The third-order valence-electron chi connectivity index (χ3n) is 2.42. The van der Waals surface area contributed by atoms with Crippen LogP contribution in [0.15, 0.2) is 18.2 Å². The highest BCUT2D eigenvalue weighted by Gasteiger charge is 2.19. The number of rotatable bonds is 7. The van der Waals surface area contributed by atoms with Gasteiger partial charge in [0, 0.05) is 17.6 Å². The molecule has 0 aliphatic heterocycles. The van der Waals surface area contributed by atoms with E-state index in [9.17, 15) is 14.9 Å². The minimum Gasteiger partial charge on any atom is -0.465 e. The predicted molar refractivity (Wildman–Crippen MR) is 78.9 cm³/mol. The molecule has 0 amide bonds. The highest BCUT2D eigenvalue weighted by atomic mass is 35.5. The summed E-state index contributed by atoms with van der Waals surface area (Å²) in [6.45, 7) is 1.97. The van der Waals surface area contributed by atoms with Gasteiger partial charge in [0.1, 0.15) is 6.04 Å². The van der Waals surface area contributed by atoms with Gasteiger partial charge in [-0.15, -0.1) is 0 Å². The number of nitrogens with zero attached hydrogens (tertiary/aromatic N) is 1. The smallest absolute Gasteiger partial charge is 0.323 e. The van der Waals surface area contributed by atoms with Crippen LogP contribution in [0.4, 0.5) is 5.69 Å². The van der Waals surface area contributed by atoms with Gasteiger partial charge >= 0.3 is 5.97 Å². The molecule has 1 aromatic carbocycles. The van der Waals surface area contributed by atoms with Crippen molar-refractivity contribution in [3.05, 3.63) is 38.9 Å². The van der Waals surface area contributed by atoms with E-state index >= 15 is 0 Å². The molecule has 8 heteroatoms. The summed E-state index contributed by atoms with van der Waals surface area (Å²) in [7, 11) is 0. The first kappa shape index (κ1) is 16.7. The molecular weight excluding hydrogens is 304 g/mol. The topological polar surface area (TPSA) is 95.5 Å². The van der Waals surface area contributed by atoms with Gasteiger partial charge < -0.3 is 10.5 Å². The molecular formula is C12H15ClN2O4S.